The summed E-state index contributed by atoms with van der Waals surface area (Å²) in [5.41, 5.74) is 0.676. The molecule has 0 bridgehead atoms. The smallest absolute Gasteiger partial charge is 0.339 e. The monoisotopic (exact) mass is 382 g/mol. The Morgan fingerprint density at radius 1 is 1.32 bits per heavy atom. The number of nitro benzene ring substituents is 1. The molecule has 0 aliphatic carbocycles. The molecule has 0 fully saturated rings. The predicted octanol–water partition coefficient (Wildman–Crippen LogP) is 3.38. The van der Waals surface area contributed by atoms with Gasteiger partial charge in [-0.25, -0.2) is 4.79 Å². The molecule has 1 atom stereocenters. The number of hydrogen-bond donors (Lipinski definition) is 1. The molecule has 2 aromatic carbocycles. The van der Waals surface area contributed by atoms with Gasteiger partial charge in [-0.3, -0.25) is 14.3 Å². The normalized spacial score (nSPS) is 11.6. The van der Waals surface area contributed by atoms with Crippen molar-refractivity contribution in [3.8, 4) is 0 Å². The Labute approximate surface area is 151 Å². The van der Waals surface area contributed by atoms with E-state index < -0.39 is 21.7 Å². The van der Waals surface area contributed by atoms with Crippen molar-refractivity contribution < 1.29 is 18.7 Å². The van der Waals surface area contributed by atoms with Gasteiger partial charge in [0, 0.05) is 34.6 Å². The molecule has 132 valence electrons. The van der Waals surface area contributed by atoms with Crippen molar-refractivity contribution >= 4 is 39.7 Å². The quantitative estimate of drug-likeness (QED) is 0.467. The molecule has 0 aliphatic rings. The molecule has 0 heterocycles. The topological polar surface area (TPSA) is 98.5 Å². The maximum Gasteiger partial charge on any atom is 0.339 e. The number of halogens is 1. The van der Waals surface area contributed by atoms with Crippen LogP contribution in [0.15, 0.2) is 41.3 Å². The van der Waals surface area contributed by atoms with E-state index in [1.165, 1.54) is 13.2 Å². The lowest BCUT2D eigenvalue weighted by Gasteiger charge is -2.10. The fourth-order valence-corrected chi connectivity index (χ4v) is 2.88. The van der Waals surface area contributed by atoms with Crippen molar-refractivity contribution in [2.24, 2.45) is 0 Å². The molecule has 0 saturated heterocycles. The molecule has 1 N–H and O–H groups in total. The third kappa shape index (κ3) is 4.55. The number of hydrogen-bond acceptors (Lipinski definition) is 6. The number of carbonyl (C=O) groups excluding carboxylic acids is 1. The Hall–Kier alpha value is -2.45. The molecule has 7 nitrogen and oxygen atoms in total. The molecule has 0 spiro atoms. The highest BCUT2D eigenvalue weighted by Crippen LogP contribution is 2.32. The number of nitrogens with zero attached hydrogens (tertiary/aromatic N) is 1. The summed E-state index contributed by atoms with van der Waals surface area (Å²) in [4.78, 5) is 23.0. The van der Waals surface area contributed by atoms with Crippen LogP contribution in [0.2, 0.25) is 5.02 Å². The average Bonchev–Trinajstić information content (AvgIpc) is 2.59. The Morgan fingerprint density at radius 3 is 2.48 bits per heavy atom. The summed E-state index contributed by atoms with van der Waals surface area (Å²) in [5, 5.41) is 14.2. The lowest BCUT2D eigenvalue weighted by molar-refractivity contribution is -0.384. The third-order valence-electron chi connectivity index (χ3n) is 3.43. The molecule has 1 unspecified atom stereocenters. The number of nitro groups is 1. The number of nitrogens with one attached hydrogen (secondary N) is 1. The zero-order valence-electron chi connectivity index (χ0n) is 13.4. The Bertz CT molecular complexity index is 839. The summed E-state index contributed by atoms with van der Waals surface area (Å²) in [6.45, 7) is 0.297. The molecule has 2 rings (SSSR count). The van der Waals surface area contributed by atoms with Crippen LogP contribution in [0.4, 0.5) is 11.4 Å². The number of methoxy groups -OCH3 is 1. The number of anilines is 1. The van der Waals surface area contributed by atoms with Crippen LogP contribution in [-0.4, -0.2) is 28.5 Å². The molecule has 25 heavy (non-hydrogen) atoms. The van der Waals surface area contributed by atoms with Gasteiger partial charge in [0.25, 0.3) is 5.69 Å². The van der Waals surface area contributed by atoms with Gasteiger partial charge in [-0.15, -0.1) is 0 Å². The fourth-order valence-electron chi connectivity index (χ4n) is 2.12. The number of carbonyl (C=O) groups is 1. The molecule has 0 aliphatic heterocycles. The van der Waals surface area contributed by atoms with Crippen LogP contribution in [0.3, 0.4) is 0 Å². The van der Waals surface area contributed by atoms with Gasteiger partial charge >= 0.3 is 5.97 Å². The molecule has 0 radical (unpaired) electrons. The van der Waals surface area contributed by atoms with Gasteiger partial charge in [0.2, 0.25) is 0 Å². The summed E-state index contributed by atoms with van der Waals surface area (Å²) < 4.78 is 15.9. The second-order valence-electron chi connectivity index (χ2n) is 5.05. The van der Waals surface area contributed by atoms with Crippen LogP contribution in [0.1, 0.15) is 15.9 Å². The summed E-state index contributed by atoms with van der Waals surface area (Å²) in [6.07, 6.45) is 1.58. The molecular formula is C16H15ClN2O5S. The summed E-state index contributed by atoms with van der Waals surface area (Å²) in [6, 6.07) is 9.42. The zero-order valence-corrected chi connectivity index (χ0v) is 15.0. The van der Waals surface area contributed by atoms with Gasteiger partial charge in [-0.05, 0) is 23.8 Å². The minimum absolute atomic E-state index is 0.0525. The zero-order chi connectivity index (χ0) is 18.6. The second kappa shape index (κ2) is 8.09. The summed E-state index contributed by atoms with van der Waals surface area (Å²) >= 11 is 6.02. The van der Waals surface area contributed by atoms with E-state index in [1.807, 2.05) is 0 Å². The van der Waals surface area contributed by atoms with E-state index in [1.54, 1.807) is 30.5 Å². The highest BCUT2D eigenvalue weighted by Gasteiger charge is 2.21. The highest BCUT2D eigenvalue weighted by molar-refractivity contribution is 7.84. The summed E-state index contributed by atoms with van der Waals surface area (Å²) in [7, 11) is 0.101. The van der Waals surface area contributed by atoms with Crippen molar-refractivity contribution in [3.63, 3.8) is 0 Å². The average molecular weight is 383 g/mol. The lowest BCUT2D eigenvalue weighted by atomic mass is 10.1. The van der Waals surface area contributed by atoms with Gasteiger partial charge in [0.1, 0.15) is 5.69 Å². The highest BCUT2D eigenvalue weighted by atomic mass is 35.5. The van der Waals surface area contributed by atoms with Crippen molar-refractivity contribution in [2.75, 3.05) is 18.7 Å². The van der Waals surface area contributed by atoms with Crippen molar-refractivity contribution in [3.05, 3.63) is 62.7 Å². The number of ether oxygens (including phenoxy) is 1. The number of esters is 1. The lowest BCUT2D eigenvalue weighted by Crippen LogP contribution is -2.07. The molecular weight excluding hydrogens is 368 g/mol. The Kier molecular flexibility index (Phi) is 6.11. The third-order valence-corrected chi connectivity index (χ3v) is 4.67. The first-order valence-corrected chi connectivity index (χ1v) is 8.99. The van der Waals surface area contributed by atoms with Crippen molar-refractivity contribution in [1.29, 1.82) is 0 Å². The van der Waals surface area contributed by atoms with Crippen LogP contribution in [0, 0.1) is 10.1 Å². The van der Waals surface area contributed by atoms with E-state index in [0.717, 1.165) is 11.6 Å². The van der Waals surface area contributed by atoms with E-state index >= 15 is 0 Å². The van der Waals surface area contributed by atoms with Crippen molar-refractivity contribution in [1.82, 2.24) is 0 Å². The van der Waals surface area contributed by atoms with Crippen LogP contribution in [0.25, 0.3) is 0 Å². The first-order chi connectivity index (χ1) is 11.8. The minimum atomic E-state index is -1.07. The second-order valence-corrected chi connectivity index (χ2v) is 6.84. The first kappa shape index (κ1) is 18.9. The van der Waals surface area contributed by atoms with Gasteiger partial charge in [0.05, 0.1) is 22.6 Å². The minimum Gasteiger partial charge on any atom is -0.465 e. The van der Waals surface area contributed by atoms with Crippen LogP contribution in [0.5, 0.6) is 0 Å². The van der Waals surface area contributed by atoms with E-state index in [4.69, 9.17) is 11.6 Å². The molecule has 0 aromatic heterocycles. The maximum atomic E-state index is 11.6. The van der Waals surface area contributed by atoms with Crippen LogP contribution in [-0.2, 0) is 22.1 Å². The number of rotatable bonds is 6. The molecule has 9 heteroatoms. The predicted molar refractivity (Wildman–Crippen MR) is 95.5 cm³/mol. The van der Waals surface area contributed by atoms with Crippen molar-refractivity contribution in [2.45, 2.75) is 11.4 Å². The molecule has 0 amide bonds. The van der Waals surface area contributed by atoms with Gasteiger partial charge in [0.15, 0.2) is 0 Å². The fraction of sp³-hybridized carbons (Fsp3) is 0.188. The van der Waals surface area contributed by atoms with Crippen LogP contribution < -0.4 is 5.32 Å². The van der Waals surface area contributed by atoms with E-state index in [9.17, 15) is 19.1 Å². The van der Waals surface area contributed by atoms with Crippen LogP contribution >= 0.6 is 11.6 Å². The largest absolute Gasteiger partial charge is 0.465 e. The Balaban J connectivity index is 2.26. The first-order valence-electron chi connectivity index (χ1n) is 7.06. The summed E-state index contributed by atoms with van der Waals surface area (Å²) in [5.74, 6) is -0.747. The van der Waals surface area contributed by atoms with E-state index in [-0.39, 0.29) is 22.0 Å². The Morgan fingerprint density at radius 2 is 1.96 bits per heavy atom. The number of benzene rings is 2. The van der Waals surface area contributed by atoms with Gasteiger partial charge in [-0.1, -0.05) is 23.7 Å². The van der Waals surface area contributed by atoms with Gasteiger partial charge < -0.3 is 10.1 Å². The molecule has 0 saturated carbocycles. The SMILES string of the molecule is COC(=O)c1cc([N+](=O)[O-])c(NCc2ccc(S(C)=O)cc2)cc1Cl. The maximum absolute atomic E-state index is 11.6. The van der Waals surface area contributed by atoms with E-state index in [2.05, 4.69) is 10.1 Å². The molecule has 2 aromatic rings. The standard InChI is InChI=1S/C16H15ClN2O5S/c1-24-16(20)12-7-15(19(21)22)14(8-13(12)17)18-9-10-3-5-11(6-4-10)25(2)23/h3-8,18H,9H2,1-2H3. The van der Waals surface area contributed by atoms with E-state index in [0.29, 0.717) is 11.4 Å². The van der Waals surface area contributed by atoms with Gasteiger partial charge in [-0.2, -0.15) is 0 Å².